The molecule has 2 aromatic heterocycles. The van der Waals surface area contributed by atoms with E-state index < -0.39 is 5.91 Å². The molecule has 2 heterocycles. The molecule has 33 heavy (non-hydrogen) atoms. The molecule has 0 unspecified atom stereocenters. The minimum atomic E-state index is -0.496. The molecule has 0 saturated carbocycles. The van der Waals surface area contributed by atoms with E-state index in [0.717, 1.165) is 10.4 Å². The van der Waals surface area contributed by atoms with E-state index in [4.69, 9.17) is 0 Å². The molecule has 0 atom stereocenters. The van der Waals surface area contributed by atoms with Crippen LogP contribution < -0.4 is 10.6 Å². The lowest BCUT2D eigenvalue weighted by molar-refractivity contribution is -0.118. The Morgan fingerprint density at radius 1 is 1.06 bits per heavy atom. The van der Waals surface area contributed by atoms with Gasteiger partial charge in [-0.3, -0.25) is 9.59 Å². The van der Waals surface area contributed by atoms with Crippen LogP contribution in [0.5, 0.6) is 0 Å². The number of aromatic nitrogens is 3. The van der Waals surface area contributed by atoms with Crippen LogP contribution in [0.25, 0.3) is 16.4 Å². The molecule has 0 aliphatic heterocycles. The second-order valence-corrected chi connectivity index (χ2v) is 8.70. The highest BCUT2D eigenvalue weighted by molar-refractivity contribution is 7.13. The van der Waals surface area contributed by atoms with Crippen molar-refractivity contribution in [3.8, 4) is 16.4 Å². The summed E-state index contributed by atoms with van der Waals surface area (Å²) in [6.45, 7) is 5.46. The van der Waals surface area contributed by atoms with Crippen molar-refractivity contribution in [1.29, 1.82) is 0 Å². The molecular formula is C24H22FN5O2S. The highest BCUT2D eigenvalue weighted by Gasteiger charge is 2.20. The summed E-state index contributed by atoms with van der Waals surface area (Å²) >= 11 is 1.46. The van der Waals surface area contributed by atoms with Crippen LogP contribution in [0, 0.1) is 18.7 Å². The van der Waals surface area contributed by atoms with Crippen LogP contribution in [0.15, 0.2) is 60.0 Å². The maximum atomic E-state index is 13.4. The Kier molecular flexibility index (Phi) is 6.32. The predicted octanol–water partition coefficient (Wildman–Crippen LogP) is 5.29. The van der Waals surface area contributed by atoms with Gasteiger partial charge in [0.25, 0.3) is 5.91 Å². The number of carbonyl (C=O) groups excluding carboxylic acids is 2. The topological polar surface area (TPSA) is 88.9 Å². The normalized spacial score (nSPS) is 10.9. The molecule has 0 aliphatic carbocycles. The first-order valence-electron chi connectivity index (χ1n) is 10.3. The average Bonchev–Trinajstić information content (AvgIpc) is 3.46. The third-order valence-electron chi connectivity index (χ3n) is 4.90. The van der Waals surface area contributed by atoms with Gasteiger partial charge in [0.2, 0.25) is 11.7 Å². The smallest absolute Gasteiger partial charge is 0.295 e. The number of aryl methyl sites for hydroxylation is 1. The largest absolute Gasteiger partial charge is 0.326 e. The summed E-state index contributed by atoms with van der Waals surface area (Å²) in [4.78, 5) is 30.3. The molecule has 0 bridgehead atoms. The molecule has 168 valence electrons. The second kappa shape index (κ2) is 9.33. The first-order valence-corrected chi connectivity index (χ1v) is 11.2. The van der Waals surface area contributed by atoms with Gasteiger partial charge in [-0.05, 0) is 60.3 Å². The lowest BCUT2D eigenvalue weighted by atomic mass is 10.1. The Balaban J connectivity index is 1.65. The van der Waals surface area contributed by atoms with Crippen molar-refractivity contribution in [3.05, 3.63) is 77.2 Å². The quantitative estimate of drug-likeness (QED) is 0.407. The number of hydrogen-bond acceptors (Lipinski definition) is 5. The first kappa shape index (κ1) is 22.3. The number of anilines is 2. The summed E-state index contributed by atoms with van der Waals surface area (Å²) in [5, 5.41) is 12.0. The third-order valence-corrected chi connectivity index (χ3v) is 5.77. The van der Waals surface area contributed by atoms with Gasteiger partial charge in [-0.25, -0.2) is 14.1 Å². The molecule has 2 amide bonds. The van der Waals surface area contributed by atoms with Crippen molar-refractivity contribution in [2.45, 2.75) is 20.8 Å². The Morgan fingerprint density at radius 3 is 2.48 bits per heavy atom. The Hall–Kier alpha value is -3.85. The van der Waals surface area contributed by atoms with Crippen molar-refractivity contribution in [3.63, 3.8) is 0 Å². The molecule has 0 fully saturated rings. The zero-order valence-electron chi connectivity index (χ0n) is 18.3. The minimum absolute atomic E-state index is 0.0289. The van der Waals surface area contributed by atoms with Crippen LogP contribution in [-0.4, -0.2) is 26.6 Å². The average molecular weight is 464 g/mol. The molecule has 0 saturated heterocycles. The Morgan fingerprint density at radius 2 is 1.82 bits per heavy atom. The molecule has 4 aromatic rings. The van der Waals surface area contributed by atoms with E-state index in [-0.39, 0.29) is 23.5 Å². The van der Waals surface area contributed by atoms with Gasteiger partial charge in [-0.15, -0.1) is 16.4 Å². The zero-order valence-corrected chi connectivity index (χ0v) is 19.1. The van der Waals surface area contributed by atoms with Crippen LogP contribution in [0.2, 0.25) is 0 Å². The number of halogens is 1. The minimum Gasteiger partial charge on any atom is -0.326 e. The number of rotatable bonds is 6. The van der Waals surface area contributed by atoms with E-state index >= 15 is 0 Å². The molecular weight excluding hydrogens is 441 g/mol. The molecule has 4 rings (SSSR count). The van der Waals surface area contributed by atoms with Crippen molar-refractivity contribution < 1.29 is 14.0 Å². The van der Waals surface area contributed by atoms with Crippen LogP contribution in [0.3, 0.4) is 0 Å². The lowest BCUT2D eigenvalue weighted by Crippen LogP contribution is -2.18. The van der Waals surface area contributed by atoms with Crippen LogP contribution >= 0.6 is 11.3 Å². The summed E-state index contributed by atoms with van der Waals surface area (Å²) in [5.74, 6) is -0.690. The fourth-order valence-corrected chi connectivity index (χ4v) is 3.73. The van der Waals surface area contributed by atoms with Crippen molar-refractivity contribution >= 4 is 34.5 Å². The van der Waals surface area contributed by atoms with Crippen LogP contribution in [-0.2, 0) is 4.79 Å². The van der Waals surface area contributed by atoms with E-state index in [2.05, 4.69) is 20.7 Å². The summed E-state index contributed by atoms with van der Waals surface area (Å²) in [6, 6.07) is 14.9. The molecule has 2 N–H and O–H groups in total. The number of nitrogens with zero attached hydrogens (tertiary/aromatic N) is 3. The van der Waals surface area contributed by atoms with Gasteiger partial charge >= 0.3 is 0 Å². The number of benzene rings is 2. The summed E-state index contributed by atoms with van der Waals surface area (Å²) < 4.78 is 14.9. The molecule has 2 aromatic carbocycles. The molecule has 7 nitrogen and oxygen atoms in total. The van der Waals surface area contributed by atoms with Crippen molar-refractivity contribution in [2.24, 2.45) is 5.92 Å². The Bertz CT molecular complexity index is 1300. The van der Waals surface area contributed by atoms with E-state index in [1.54, 1.807) is 38.1 Å². The monoisotopic (exact) mass is 463 g/mol. The fraction of sp³-hybridized carbons (Fsp3) is 0.167. The van der Waals surface area contributed by atoms with E-state index in [1.165, 1.54) is 28.2 Å². The van der Waals surface area contributed by atoms with Gasteiger partial charge in [-0.1, -0.05) is 26.0 Å². The highest BCUT2D eigenvalue weighted by Crippen LogP contribution is 2.26. The first-order chi connectivity index (χ1) is 15.8. The van der Waals surface area contributed by atoms with E-state index in [0.29, 0.717) is 22.9 Å². The van der Waals surface area contributed by atoms with Gasteiger partial charge in [0.1, 0.15) is 5.82 Å². The lowest BCUT2D eigenvalue weighted by Gasteiger charge is -2.12. The van der Waals surface area contributed by atoms with Gasteiger partial charge in [0, 0.05) is 17.3 Å². The number of nitrogens with one attached hydrogen (secondary N) is 2. The maximum Gasteiger partial charge on any atom is 0.295 e. The number of amides is 2. The molecule has 0 spiro atoms. The van der Waals surface area contributed by atoms with Crippen molar-refractivity contribution in [1.82, 2.24) is 14.8 Å². The van der Waals surface area contributed by atoms with Crippen LogP contribution in [0.1, 0.15) is 30.0 Å². The van der Waals surface area contributed by atoms with E-state index in [1.807, 2.05) is 30.5 Å². The fourth-order valence-electron chi connectivity index (χ4n) is 3.04. The van der Waals surface area contributed by atoms with E-state index in [9.17, 15) is 14.0 Å². The number of hydrogen-bond donors (Lipinski definition) is 2. The number of thiophene rings is 1. The molecule has 0 radical (unpaired) electrons. The molecule has 0 aliphatic rings. The van der Waals surface area contributed by atoms with Gasteiger partial charge in [0.15, 0.2) is 5.82 Å². The van der Waals surface area contributed by atoms with Gasteiger partial charge in [0.05, 0.1) is 10.6 Å². The Labute approximate surface area is 194 Å². The predicted molar refractivity (Wildman–Crippen MR) is 127 cm³/mol. The summed E-state index contributed by atoms with van der Waals surface area (Å²) in [7, 11) is 0. The standard InChI is InChI=1S/C24H22FN5O2S/c1-14(2)23(31)26-17-9-6-15(3)19(13-17)27-24(32)21-28-22(20-5-4-12-33-20)30(29-21)18-10-7-16(25)8-11-18/h4-14H,1-3H3,(H,26,31)(H,27,32). The van der Waals surface area contributed by atoms with Gasteiger partial charge < -0.3 is 10.6 Å². The second-order valence-electron chi connectivity index (χ2n) is 7.75. The maximum absolute atomic E-state index is 13.4. The number of carbonyl (C=O) groups is 2. The summed E-state index contributed by atoms with van der Waals surface area (Å²) in [5.41, 5.74) is 2.53. The molecule has 9 heteroatoms. The summed E-state index contributed by atoms with van der Waals surface area (Å²) in [6.07, 6.45) is 0. The third kappa shape index (κ3) is 4.98. The zero-order chi connectivity index (χ0) is 23.5. The van der Waals surface area contributed by atoms with Crippen molar-refractivity contribution in [2.75, 3.05) is 10.6 Å². The highest BCUT2D eigenvalue weighted by atomic mass is 32.1. The SMILES string of the molecule is Cc1ccc(NC(=O)C(C)C)cc1NC(=O)c1nc(-c2cccs2)n(-c2ccc(F)cc2)n1. The van der Waals surface area contributed by atoms with Gasteiger partial charge in [-0.2, -0.15) is 0 Å². The van der Waals surface area contributed by atoms with Crippen LogP contribution in [0.4, 0.5) is 15.8 Å².